The molecule has 2 amide bonds. The molecule has 1 aromatic carbocycles. The summed E-state index contributed by atoms with van der Waals surface area (Å²) < 4.78 is 0.818. The predicted molar refractivity (Wildman–Crippen MR) is 74.2 cm³/mol. The molecule has 19 heavy (non-hydrogen) atoms. The van der Waals surface area contributed by atoms with Gasteiger partial charge in [0.2, 0.25) is 5.91 Å². The first-order valence-electron chi connectivity index (χ1n) is 5.58. The molecule has 0 unspecified atom stereocenters. The molecule has 7 heteroatoms. The Balaban J connectivity index is 2.68. The standard InChI is InChI=1S/C12H15BrN2O4/c1-8-2-3-9(13)6-10(8)14-11(17)7-15(4-5-16)12(18)19/h2-3,6,16H,4-5,7H2,1H3,(H,14,17)(H,18,19). The van der Waals surface area contributed by atoms with Crippen LogP contribution in [0.2, 0.25) is 0 Å². The van der Waals surface area contributed by atoms with E-state index in [1.54, 1.807) is 6.07 Å². The third kappa shape index (κ3) is 4.88. The van der Waals surface area contributed by atoms with Gasteiger partial charge in [0.15, 0.2) is 0 Å². The molecular weight excluding hydrogens is 316 g/mol. The molecule has 0 saturated heterocycles. The number of carboxylic acid groups (broad SMARTS) is 1. The smallest absolute Gasteiger partial charge is 0.407 e. The number of carbonyl (C=O) groups is 2. The van der Waals surface area contributed by atoms with Crippen LogP contribution < -0.4 is 5.32 Å². The lowest BCUT2D eigenvalue weighted by molar-refractivity contribution is -0.117. The Morgan fingerprint density at radius 2 is 2.11 bits per heavy atom. The number of aliphatic hydroxyl groups is 1. The van der Waals surface area contributed by atoms with Crippen molar-refractivity contribution in [3.05, 3.63) is 28.2 Å². The second kappa shape index (κ2) is 7.10. The number of halogens is 1. The van der Waals surface area contributed by atoms with Crippen molar-refractivity contribution in [3.8, 4) is 0 Å². The molecule has 1 aromatic rings. The predicted octanol–water partition coefficient (Wildman–Crippen LogP) is 1.67. The fourth-order valence-electron chi connectivity index (χ4n) is 1.46. The van der Waals surface area contributed by atoms with Gasteiger partial charge >= 0.3 is 6.09 Å². The van der Waals surface area contributed by atoms with Crippen LogP contribution in [-0.4, -0.2) is 46.8 Å². The molecule has 0 heterocycles. The van der Waals surface area contributed by atoms with Crippen LogP contribution in [-0.2, 0) is 4.79 Å². The van der Waals surface area contributed by atoms with Crippen LogP contribution in [0.4, 0.5) is 10.5 Å². The van der Waals surface area contributed by atoms with Crippen molar-refractivity contribution in [2.75, 3.05) is 25.0 Å². The Morgan fingerprint density at radius 1 is 1.42 bits per heavy atom. The number of hydrogen-bond donors (Lipinski definition) is 3. The van der Waals surface area contributed by atoms with Gasteiger partial charge < -0.3 is 15.5 Å². The van der Waals surface area contributed by atoms with Gasteiger partial charge in [0, 0.05) is 16.7 Å². The van der Waals surface area contributed by atoms with Gasteiger partial charge in [-0.1, -0.05) is 22.0 Å². The van der Waals surface area contributed by atoms with E-state index in [0.29, 0.717) is 5.69 Å². The van der Waals surface area contributed by atoms with Gasteiger partial charge in [-0.2, -0.15) is 0 Å². The summed E-state index contributed by atoms with van der Waals surface area (Å²) in [7, 11) is 0. The van der Waals surface area contributed by atoms with Crippen LogP contribution in [0.25, 0.3) is 0 Å². The monoisotopic (exact) mass is 330 g/mol. The number of aryl methyl sites for hydroxylation is 1. The van der Waals surface area contributed by atoms with E-state index in [2.05, 4.69) is 21.2 Å². The number of hydrogen-bond acceptors (Lipinski definition) is 3. The average molecular weight is 331 g/mol. The lowest BCUT2D eigenvalue weighted by atomic mass is 10.2. The minimum Gasteiger partial charge on any atom is -0.465 e. The summed E-state index contributed by atoms with van der Waals surface area (Å²) in [4.78, 5) is 23.4. The molecule has 0 fully saturated rings. The van der Waals surface area contributed by atoms with Gasteiger partial charge in [0.05, 0.1) is 6.61 Å². The molecule has 0 aliphatic carbocycles. The zero-order valence-corrected chi connectivity index (χ0v) is 12.0. The number of carbonyl (C=O) groups excluding carboxylic acids is 1. The molecule has 104 valence electrons. The molecule has 0 atom stereocenters. The molecule has 0 saturated carbocycles. The Morgan fingerprint density at radius 3 is 2.68 bits per heavy atom. The maximum atomic E-state index is 11.8. The first-order chi connectivity index (χ1) is 8.93. The Bertz CT molecular complexity index is 479. The summed E-state index contributed by atoms with van der Waals surface area (Å²) in [5, 5.41) is 20.2. The maximum absolute atomic E-state index is 11.8. The Hall–Kier alpha value is -1.60. The molecule has 0 aliphatic rings. The lowest BCUT2D eigenvalue weighted by Crippen LogP contribution is -2.38. The highest BCUT2D eigenvalue weighted by atomic mass is 79.9. The van der Waals surface area contributed by atoms with Crippen molar-refractivity contribution in [2.45, 2.75) is 6.92 Å². The number of amides is 2. The van der Waals surface area contributed by atoms with E-state index in [0.717, 1.165) is 14.9 Å². The molecule has 6 nitrogen and oxygen atoms in total. The van der Waals surface area contributed by atoms with E-state index in [4.69, 9.17) is 10.2 Å². The molecule has 0 spiro atoms. The van der Waals surface area contributed by atoms with E-state index in [1.807, 2.05) is 19.1 Å². The maximum Gasteiger partial charge on any atom is 0.407 e. The van der Waals surface area contributed by atoms with Crippen molar-refractivity contribution < 1.29 is 19.8 Å². The van der Waals surface area contributed by atoms with Crippen molar-refractivity contribution in [2.24, 2.45) is 0 Å². The number of nitrogens with zero attached hydrogens (tertiary/aromatic N) is 1. The zero-order chi connectivity index (χ0) is 14.4. The number of rotatable bonds is 5. The Labute approximate surface area is 119 Å². The summed E-state index contributed by atoms with van der Waals surface area (Å²) in [5.41, 5.74) is 1.49. The third-order valence-corrected chi connectivity index (χ3v) is 2.94. The minimum absolute atomic E-state index is 0.0970. The van der Waals surface area contributed by atoms with Crippen LogP contribution in [0, 0.1) is 6.92 Å². The number of aliphatic hydroxyl groups excluding tert-OH is 1. The van der Waals surface area contributed by atoms with E-state index < -0.39 is 12.0 Å². The van der Waals surface area contributed by atoms with Gasteiger partial charge in [-0.25, -0.2) is 4.79 Å². The number of nitrogens with one attached hydrogen (secondary N) is 1. The summed E-state index contributed by atoms with van der Waals surface area (Å²) in [6, 6.07) is 5.42. The quantitative estimate of drug-likeness (QED) is 0.766. The molecular formula is C12H15BrN2O4. The van der Waals surface area contributed by atoms with Crippen LogP contribution >= 0.6 is 15.9 Å². The molecule has 0 radical (unpaired) electrons. The zero-order valence-electron chi connectivity index (χ0n) is 10.4. The van der Waals surface area contributed by atoms with Crippen molar-refractivity contribution >= 4 is 33.6 Å². The second-order valence-electron chi connectivity index (χ2n) is 3.94. The van der Waals surface area contributed by atoms with Gasteiger partial charge in [-0.05, 0) is 24.6 Å². The van der Waals surface area contributed by atoms with Crippen molar-refractivity contribution in [1.29, 1.82) is 0 Å². The normalized spacial score (nSPS) is 10.1. The first kappa shape index (κ1) is 15.5. The third-order valence-electron chi connectivity index (χ3n) is 2.45. The van der Waals surface area contributed by atoms with Crippen LogP contribution in [0.3, 0.4) is 0 Å². The molecule has 0 bridgehead atoms. The number of anilines is 1. The molecule has 1 rings (SSSR count). The van der Waals surface area contributed by atoms with Crippen LogP contribution in [0.5, 0.6) is 0 Å². The summed E-state index contributed by atoms with van der Waals surface area (Å²) in [6.07, 6.45) is -1.24. The fraction of sp³-hybridized carbons (Fsp3) is 0.333. The van der Waals surface area contributed by atoms with Crippen molar-refractivity contribution in [1.82, 2.24) is 4.90 Å². The number of benzene rings is 1. The highest BCUT2D eigenvalue weighted by molar-refractivity contribution is 9.10. The van der Waals surface area contributed by atoms with Crippen molar-refractivity contribution in [3.63, 3.8) is 0 Å². The van der Waals surface area contributed by atoms with E-state index >= 15 is 0 Å². The largest absolute Gasteiger partial charge is 0.465 e. The van der Waals surface area contributed by atoms with E-state index in [1.165, 1.54) is 0 Å². The lowest BCUT2D eigenvalue weighted by Gasteiger charge is -2.17. The second-order valence-corrected chi connectivity index (χ2v) is 4.85. The summed E-state index contributed by atoms with van der Waals surface area (Å²) in [6.45, 7) is 1.10. The van der Waals surface area contributed by atoms with Gasteiger partial charge in [0.25, 0.3) is 0 Å². The molecule has 0 aromatic heterocycles. The first-order valence-corrected chi connectivity index (χ1v) is 6.38. The minimum atomic E-state index is -1.24. The highest BCUT2D eigenvalue weighted by Crippen LogP contribution is 2.20. The average Bonchev–Trinajstić information content (AvgIpc) is 2.33. The molecule has 0 aliphatic heterocycles. The summed E-state index contributed by atoms with van der Waals surface area (Å²) >= 11 is 3.30. The summed E-state index contributed by atoms with van der Waals surface area (Å²) in [5.74, 6) is -0.447. The van der Waals surface area contributed by atoms with E-state index in [9.17, 15) is 9.59 Å². The highest BCUT2D eigenvalue weighted by Gasteiger charge is 2.15. The molecule has 3 N–H and O–H groups in total. The van der Waals surface area contributed by atoms with Crippen LogP contribution in [0.15, 0.2) is 22.7 Å². The SMILES string of the molecule is Cc1ccc(Br)cc1NC(=O)CN(CCO)C(=O)O. The topological polar surface area (TPSA) is 89.9 Å². The Kier molecular flexibility index (Phi) is 5.78. The van der Waals surface area contributed by atoms with Gasteiger partial charge in [0.1, 0.15) is 6.54 Å². The van der Waals surface area contributed by atoms with Gasteiger partial charge in [-0.15, -0.1) is 0 Å². The van der Waals surface area contributed by atoms with Gasteiger partial charge in [-0.3, -0.25) is 9.69 Å². The van der Waals surface area contributed by atoms with E-state index in [-0.39, 0.29) is 19.7 Å². The van der Waals surface area contributed by atoms with Crippen LogP contribution in [0.1, 0.15) is 5.56 Å². The fourth-order valence-corrected chi connectivity index (χ4v) is 1.82.